The quantitative estimate of drug-likeness (QED) is 0.723. The SMILES string of the molecule is Cc1ccc(C)c(-c2cc(C(F)(F)F)nn2NS(=O)(=O)c2ccccc2)c1. The second-order valence-electron chi connectivity index (χ2n) is 6.05. The van der Waals surface area contributed by atoms with Crippen LogP contribution in [0, 0.1) is 13.8 Å². The van der Waals surface area contributed by atoms with Gasteiger partial charge in [0.15, 0.2) is 5.69 Å². The lowest BCUT2D eigenvalue weighted by Gasteiger charge is -2.13. The molecular formula is C18H16F3N3O2S. The van der Waals surface area contributed by atoms with Crippen molar-refractivity contribution in [2.75, 3.05) is 4.83 Å². The number of nitrogens with zero attached hydrogens (tertiary/aromatic N) is 2. The Morgan fingerprint density at radius 1 is 1.00 bits per heavy atom. The van der Waals surface area contributed by atoms with E-state index in [0.29, 0.717) is 15.9 Å². The predicted octanol–water partition coefficient (Wildman–Crippen LogP) is 4.12. The van der Waals surface area contributed by atoms with Crippen molar-refractivity contribution in [2.24, 2.45) is 0 Å². The van der Waals surface area contributed by atoms with Crippen LogP contribution in [0.3, 0.4) is 0 Å². The van der Waals surface area contributed by atoms with Crippen molar-refractivity contribution in [1.29, 1.82) is 0 Å². The molecule has 0 aliphatic carbocycles. The lowest BCUT2D eigenvalue weighted by molar-refractivity contribution is -0.141. The van der Waals surface area contributed by atoms with E-state index in [2.05, 4.69) is 9.93 Å². The van der Waals surface area contributed by atoms with Crippen LogP contribution in [0.5, 0.6) is 0 Å². The number of hydrogen-bond acceptors (Lipinski definition) is 3. The minimum absolute atomic E-state index is 0.00281. The van der Waals surface area contributed by atoms with E-state index in [-0.39, 0.29) is 10.6 Å². The van der Waals surface area contributed by atoms with Crippen LogP contribution >= 0.6 is 0 Å². The lowest BCUT2D eigenvalue weighted by atomic mass is 10.0. The van der Waals surface area contributed by atoms with Crippen LogP contribution in [0.25, 0.3) is 11.3 Å². The normalized spacial score (nSPS) is 12.2. The van der Waals surface area contributed by atoms with Crippen LogP contribution < -0.4 is 4.83 Å². The molecule has 3 rings (SSSR count). The van der Waals surface area contributed by atoms with Crippen molar-refractivity contribution in [3.63, 3.8) is 0 Å². The Morgan fingerprint density at radius 2 is 1.67 bits per heavy atom. The minimum Gasteiger partial charge on any atom is -0.200 e. The molecule has 1 aromatic heterocycles. The Hall–Kier alpha value is -2.81. The zero-order valence-corrected chi connectivity index (χ0v) is 15.3. The molecule has 9 heteroatoms. The average Bonchev–Trinajstić information content (AvgIpc) is 3.01. The third-order valence-corrected chi connectivity index (χ3v) is 5.24. The maximum absolute atomic E-state index is 13.2. The van der Waals surface area contributed by atoms with E-state index >= 15 is 0 Å². The molecule has 0 spiro atoms. The Labute approximate surface area is 154 Å². The van der Waals surface area contributed by atoms with Gasteiger partial charge in [-0.2, -0.15) is 31.2 Å². The van der Waals surface area contributed by atoms with Gasteiger partial charge in [0, 0.05) is 5.56 Å². The van der Waals surface area contributed by atoms with Crippen LogP contribution in [0.4, 0.5) is 13.2 Å². The molecule has 0 saturated heterocycles. The Bertz CT molecular complexity index is 1070. The first-order valence-electron chi connectivity index (χ1n) is 7.91. The smallest absolute Gasteiger partial charge is 0.200 e. The fraction of sp³-hybridized carbons (Fsp3) is 0.167. The van der Waals surface area contributed by atoms with Gasteiger partial charge < -0.3 is 0 Å². The van der Waals surface area contributed by atoms with Gasteiger partial charge in [0.1, 0.15) is 0 Å². The van der Waals surface area contributed by atoms with Crippen LogP contribution in [0.1, 0.15) is 16.8 Å². The summed E-state index contributed by atoms with van der Waals surface area (Å²) < 4.78 is 64.6. The molecule has 0 aliphatic rings. The maximum Gasteiger partial charge on any atom is 0.435 e. The minimum atomic E-state index is -4.71. The maximum atomic E-state index is 13.2. The fourth-order valence-corrected chi connectivity index (χ4v) is 3.55. The molecule has 1 heterocycles. The summed E-state index contributed by atoms with van der Waals surface area (Å²) in [7, 11) is -4.12. The van der Waals surface area contributed by atoms with Crippen molar-refractivity contribution in [2.45, 2.75) is 24.9 Å². The molecule has 27 heavy (non-hydrogen) atoms. The first kappa shape index (κ1) is 19.0. The Balaban J connectivity index is 2.15. The summed E-state index contributed by atoms with van der Waals surface area (Å²) in [5, 5.41) is 3.44. The lowest BCUT2D eigenvalue weighted by Crippen LogP contribution is -2.25. The number of aryl methyl sites for hydroxylation is 2. The van der Waals surface area contributed by atoms with Gasteiger partial charge in [0.2, 0.25) is 0 Å². The van der Waals surface area contributed by atoms with Gasteiger partial charge in [-0.15, -0.1) is 5.10 Å². The van der Waals surface area contributed by atoms with Crippen molar-refractivity contribution in [3.8, 4) is 11.3 Å². The van der Waals surface area contributed by atoms with E-state index in [1.54, 1.807) is 32.0 Å². The average molecular weight is 395 g/mol. The van der Waals surface area contributed by atoms with Gasteiger partial charge in [-0.05, 0) is 43.7 Å². The molecular weight excluding hydrogens is 379 g/mol. The first-order chi connectivity index (χ1) is 12.6. The van der Waals surface area contributed by atoms with Crippen molar-refractivity contribution >= 4 is 10.0 Å². The number of aromatic nitrogens is 2. The molecule has 0 fully saturated rings. The molecule has 0 atom stereocenters. The highest BCUT2D eigenvalue weighted by Crippen LogP contribution is 2.33. The van der Waals surface area contributed by atoms with Crippen LogP contribution in [0.15, 0.2) is 59.5 Å². The monoisotopic (exact) mass is 395 g/mol. The largest absolute Gasteiger partial charge is 0.435 e. The number of benzene rings is 2. The molecule has 0 bridgehead atoms. The Kier molecular flexibility index (Phi) is 4.73. The number of sulfonamides is 1. The van der Waals surface area contributed by atoms with Crippen molar-refractivity contribution in [1.82, 2.24) is 9.89 Å². The number of hydrogen-bond donors (Lipinski definition) is 1. The summed E-state index contributed by atoms with van der Waals surface area (Å²) in [4.78, 5) is 2.70. The summed E-state index contributed by atoms with van der Waals surface area (Å²) >= 11 is 0. The second kappa shape index (κ2) is 6.73. The Morgan fingerprint density at radius 3 is 2.30 bits per heavy atom. The molecule has 2 aromatic carbocycles. The van der Waals surface area contributed by atoms with Crippen LogP contribution in [-0.2, 0) is 16.2 Å². The predicted molar refractivity (Wildman–Crippen MR) is 95.1 cm³/mol. The number of rotatable bonds is 4. The zero-order chi connectivity index (χ0) is 19.8. The standard InChI is InChI=1S/C18H16F3N3O2S/c1-12-8-9-13(2)15(10-12)16-11-17(18(19,20)21)22-24(16)23-27(25,26)14-6-4-3-5-7-14/h3-11,23H,1-2H3. The van der Waals surface area contributed by atoms with Gasteiger partial charge in [-0.25, -0.2) is 0 Å². The molecule has 0 aliphatic heterocycles. The fourth-order valence-electron chi connectivity index (χ4n) is 2.56. The molecule has 0 unspecified atom stereocenters. The topological polar surface area (TPSA) is 64.0 Å². The first-order valence-corrected chi connectivity index (χ1v) is 9.39. The van der Waals surface area contributed by atoms with E-state index < -0.39 is 21.9 Å². The van der Waals surface area contributed by atoms with Crippen LogP contribution in [0.2, 0.25) is 0 Å². The van der Waals surface area contributed by atoms with Gasteiger partial charge >= 0.3 is 6.18 Å². The van der Waals surface area contributed by atoms with E-state index in [1.807, 2.05) is 6.07 Å². The van der Waals surface area contributed by atoms with Gasteiger partial charge in [-0.3, -0.25) is 0 Å². The summed E-state index contributed by atoms with van der Waals surface area (Å²) in [6.45, 7) is 3.52. The zero-order valence-electron chi connectivity index (χ0n) is 14.4. The molecule has 0 radical (unpaired) electrons. The highest BCUT2D eigenvalue weighted by Gasteiger charge is 2.36. The number of halogens is 3. The molecule has 0 amide bonds. The third kappa shape index (κ3) is 3.97. The van der Waals surface area contributed by atoms with Gasteiger partial charge in [-0.1, -0.05) is 35.9 Å². The summed E-state index contributed by atoms with van der Waals surface area (Å²) in [5.41, 5.74) is 0.781. The molecule has 5 nitrogen and oxygen atoms in total. The van der Waals surface area contributed by atoms with E-state index in [4.69, 9.17) is 0 Å². The highest BCUT2D eigenvalue weighted by atomic mass is 32.2. The number of nitrogens with one attached hydrogen (secondary N) is 1. The molecule has 1 N–H and O–H groups in total. The van der Waals surface area contributed by atoms with Crippen molar-refractivity contribution in [3.05, 3.63) is 71.4 Å². The molecule has 0 saturated carbocycles. The van der Waals surface area contributed by atoms with E-state index in [9.17, 15) is 21.6 Å². The van der Waals surface area contributed by atoms with Gasteiger partial charge in [0.05, 0.1) is 10.6 Å². The van der Waals surface area contributed by atoms with E-state index in [0.717, 1.165) is 11.6 Å². The number of alkyl halides is 3. The summed E-state index contributed by atoms with van der Waals surface area (Å²) in [6.07, 6.45) is -4.71. The van der Waals surface area contributed by atoms with Crippen molar-refractivity contribution < 1.29 is 21.6 Å². The van der Waals surface area contributed by atoms with E-state index in [1.165, 1.54) is 24.3 Å². The van der Waals surface area contributed by atoms with Gasteiger partial charge in [0.25, 0.3) is 10.0 Å². The molecule has 3 aromatic rings. The summed E-state index contributed by atoms with van der Waals surface area (Å²) in [6, 6.07) is 13.4. The molecule has 142 valence electrons. The third-order valence-electron chi connectivity index (χ3n) is 3.93. The summed E-state index contributed by atoms with van der Waals surface area (Å²) in [5.74, 6) is 0. The second-order valence-corrected chi connectivity index (χ2v) is 7.71. The highest BCUT2D eigenvalue weighted by molar-refractivity contribution is 7.92. The van der Waals surface area contributed by atoms with Crippen LogP contribution in [-0.4, -0.2) is 18.3 Å².